The molecule has 0 N–H and O–H groups in total. The first-order valence-corrected chi connectivity index (χ1v) is 9.93. The third-order valence-corrected chi connectivity index (χ3v) is 6.06. The van der Waals surface area contributed by atoms with E-state index in [1.165, 1.54) is 29.2 Å². The quantitative estimate of drug-likeness (QED) is 0.368. The molecule has 0 bridgehead atoms. The predicted octanol–water partition coefficient (Wildman–Crippen LogP) is 2.90. The van der Waals surface area contributed by atoms with E-state index in [2.05, 4.69) is 0 Å². The van der Waals surface area contributed by atoms with Crippen LogP contribution in [0.2, 0.25) is 0 Å². The van der Waals surface area contributed by atoms with E-state index in [1.54, 1.807) is 44.4 Å². The monoisotopic (exact) mass is 404 g/mol. The molecule has 1 heterocycles. The normalized spacial score (nSPS) is 11.7. The summed E-state index contributed by atoms with van der Waals surface area (Å²) in [5, 5.41) is 18.7. The Kier molecular flexibility index (Phi) is 5.22. The van der Waals surface area contributed by atoms with Gasteiger partial charge in [0.05, 0.1) is 33.8 Å². The summed E-state index contributed by atoms with van der Waals surface area (Å²) in [4.78, 5) is 14.6. The number of allylic oxidation sites excluding steroid dienone is 2. The number of nitrogens with zero attached hydrogens (tertiary/aromatic N) is 4. The first kappa shape index (κ1) is 19.9. The third kappa shape index (κ3) is 3.49. The van der Waals surface area contributed by atoms with E-state index in [4.69, 9.17) is 5.26 Å². The lowest BCUT2D eigenvalue weighted by atomic mass is 10.1. The number of ketones is 1. The Morgan fingerprint density at radius 2 is 1.76 bits per heavy atom. The van der Waals surface area contributed by atoms with Gasteiger partial charge in [0.1, 0.15) is 5.69 Å². The van der Waals surface area contributed by atoms with E-state index in [0.717, 1.165) is 10.0 Å². The van der Waals surface area contributed by atoms with Crippen LogP contribution in [0.1, 0.15) is 16.1 Å². The van der Waals surface area contributed by atoms with Crippen LogP contribution in [0.25, 0.3) is 10.9 Å². The topological polar surface area (TPSA) is 107 Å². The summed E-state index contributed by atoms with van der Waals surface area (Å²) >= 11 is 0. The lowest BCUT2D eigenvalue weighted by Gasteiger charge is -2.17. The summed E-state index contributed by atoms with van der Waals surface area (Å²) in [6.07, 6.45) is 1.07. The SMILES string of the molecule is CN(C)/C(=C\C#N)C(=O)c1cc2ccc(C#N)cc2n1S(=O)(=O)c1ccccc1. The molecular formula is C21H16N4O3S. The molecule has 0 fully saturated rings. The van der Waals surface area contributed by atoms with Crippen LogP contribution < -0.4 is 0 Å². The molecule has 0 amide bonds. The molecule has 0 unspecified atom stereocenters. The summed E-state index contributed by atoms with van der Waals surface area (Å²) in [5.74, 6) is -0.620. The van der Waals surface area contributed by atoms with E-state index >= 15 is 0 Å². The molecule has 2 aromatic carbocycles. The van der Waals surface area contributed by atoms with Gasteiger partial charge >= 0.3 is 0 Å². The highest BCUT2D eigenvalue weighted by Gasteiger charge is 2.28. The summed E-state index contributed by atoms with van der Waals surface area (Å²) in [5.41, 5.74) is 0.403. The molecule has 144 valence electrons. The Labute approximate surface area is 168 Å². The lowest BCUT2D eigenvalue weighted by Crippen LogP contribution is -2.24. The van der Waals surface area contributed by atoms with Crippen molar-refractivity contribution in [2.75, 3.05) is 14.1 Å². The van der Waals surface area contributed by atoms with Crippen molar-refractivity contribution >= 4 is 26.7 Å². The second-order valence-corrected chi connectivity index (χ2v) is 8.17. The Bertz CT molecular complexity index is 1320. The molecule has 0 spiro atoms. The fraction of sp³-hybridized carbons (Fsp3) is 0.0952. The average molecular weight is 404 g/mol. The Morgan fingerprint density at radius 1 is 1.07 bits per heavy atom. The van der Waals surface area contributed by atoms with Gasteiger partial charge in [0.2, 0.25) is 5.78 Å². The number of carbonyl (C=O) groups excluding carboxylic acids is 1. The Morgan fingerprint density at radius 3 is 2.34 bits per heavy atom. The number of carbonyl (C=O) groups is 1. The number of aromatic nitrogens is 1. The highest BCUT2D eigenvalue weighted by atomic mass is 32.2. The van der Waals surface area contributed by atoms with Gasteiger partial charge in [-0.25, -0.2) is 12.4 Å². The molecule has 29 heavy (non-hydrogen) atoms. The molecule has 0 saturated carbocycles. The highest BCUT2D eigenvalue weighted by molar-refractivity contribution is 7.90. The van der Waals surface area contributed by atoms with Gasteiger partial charge in [0.25, 0.3) is 10.0 Å². The second-order valence-electron chi connectivity index (χ2n) is 6.38. The van der Waals surface area contributed by atoms with Crippen LogP contribution in [0.15, 0.2) is 71.3 Å². The first-order chi connectivity index (χ1) is 13.8. The molecule has 0 aliphatic carbocycles. The number of nitriles is 2. The van der Waals surface area contributed by atoms with Crippen molar-refractivity contribution < 1.29 is 13.2 Å². The maximum atomic E-state index is 13.4. The first-order valence-electron chi connectivity index (χ1n) is 8.49. The minimum absolute atomic E-state index is 0.00424. The van der Waals surface area contributed by atoms with Crippen LogP contribution in [0.3, 0.4) is 0 Å². The zero-order chi connectivity index (χ0) is 21.2. The molecule has 7 nitrogen and oxygen atoms in total. The van der Waals surface area contributed by atoms with Gasteiger partial charge in [-0.05, 0) is 30.3 Å². The second kappa shape index (κ2) is 7.63. The Balaban J connectivity index is 2.39. The van der Waals surface area contributed by atoms with Crippen molar-refractivity contribution in [2.24, 2.45) is 0 Å². The van der Waals surface area contributed by atoms with Crippen molar-refractivity contribution in [1.29, 1.82) is 10.5 Å². The zero-order valence-corrected chi connectivity index (χ0v) is 16.5. The summed E-state index contributed by atoms with van der Waals surface area (Å²) in [6, 6.07) is 17.5. The molecule has 0 radical (unpaired) electrons. The highest BCUT2D eigenvalue weighted by Crippen LogP contribution is 2.28. The number of hydrogen-bond donors (Lipinski definition) is 0. The van der Waals surface area contributed by atoms with E-state index in [1.807, 2.05) is 12.1 Å². The van der Waals surface area contributed by atoms with Crippen molar-refractivity contribution in [1.82, 2.24) is 8.87 Å². The number of benzene rings is 2. The van der Waals surface area contributed by atoms with E-state index in [-0.39, 0.29) is 27.4 Å². The number of likely N-dealkylation sites (N-methyl/N-ethyl adjacent to an activating group) is 1. The average Bonchev–Trinajstić information content (AvgIpc) is 3.11. The Hall–Kier alpha value is -3.88. The summed E-state index contributed by atoms with van der Waals surface area (Å²) in [6.45, 7) is 0. The number of fused-ring (bicyclic) bond motifs is 1. The van der Waals surface area contributed by atoms with Gasteiger partial charge < -0.3 is 4.90 Å². The fourth-order valence-electron chi connectivity index (χ4n) is 2.95. The maximum Gasteiger partial charge on any atom is 0.268 e. The van der Waals surface area contributed by atoms with Crippen LogP contribution in [0.5, 0.6) is 0 Å². The molecule has 8 heteroatoms. The minimum atomic E-state index is -4.14. The molecular weight excluding hydrogens is 388 g/mol. The summed E-state index contributed by atoms with van der Waals surface area (Å²) < 4.78 is 27.8. The maximum absolute atomic E-state index is 13.4. The molecule has 3 aromatic rings. The van der Waals surface area contributed by atoms with Crippen molar-refractivity contribution in [2.45, 2.75) is 4.90 Å². The minimum Gasteiger partial charge on any atom is -0.374 e. The van der Waals surface area contributed by atoms with Gasteiger partial charge in [-0.2, -0.15) is 10.5 Å². The van der Waals surface area contributed by atoms with Gasteiger partial charge in [0, 0.05) is 25.6 Å². The number of rotatable bonds is 5. The van der Waals surface area contributed by atoms with Crippen molar-refractivity contribution in [3.8, 4) is 12.1 Å². The van der Waals surface area contributed by atoms with E-state index < -0.39 is 15.8 Å². The van der Waals surface area contributed by atoms with Crippen LogP contribution in [-0.4, -0.2) is 37.2 Å². The third-order valence-electron chi connectivity index (χ3n) is 4.32. The van der Waals surface area contributed by atoms with Gasteiger partial charge in [0.15, 0.2) is 0 Å². The van der Waals surface area contributed by atoms with E-state index in [0.29, 0.717) is 5.39 Å². The lowest BCUT2D eigenvalue weighted by molar-refractivity contribution is 0.0999. The molecule has 0 aliphatic rings. The van der Waals surface area contributed by atoms with Gasteiger partial charge in [-0.3, -0.25) is 4.79 Å². The van der Waals surface area contributed by atoms with Crippen LogP contribution >= 0.6 is 0 Å². The van der Waals surface area contributed by atoms with Crippen LogP contribution in [0, 0.1) is 22.7 Å². The molecule has 1 aromatic heterocycles. The van der Waals surface area contributed by atoms with Gasteiger partial charge in [-0.1, -0.05) is 24.3 Å². The molecule has 3 rings (SSSR count). The fourth-order valence-corrected chi connectivity index (χ4v) is 4.48. The number of Topliss-reactive ketones (excluding diaryl/α,β-unsaturated/α-hetero) is 1. The van der Waals surface area contributed by atoms with Crippen molar-refractivity contribution in [3.05, 3.63) is 77.6 Å². The standard InChI is InChI=1S/C21H16N4O3S/c1-24(2)18(10-11-22)21(26)20-13-16-9-8-15(14-23)12-19(16)25(20)29(27,28)17-6-4-3-5-7-17/h3-10,12-13H,1-2H3/b18-10-. The molecule has 0 atom stereocenters. The largest absolute Gasteiger partial charge is 0.374 e. The van der Waals surface area contributed by atoms with Gasteiger partial charge in [-0.15, -0.1) is 0 Å². The number of hydrogen-bond acceptors (Lipinski definition) is 6. The van der Waals surface area contributed by atoms with Crippen LogP contribution in [-0.2, 0) is 10.0 Å². The predicted molar refractivity (Wildman–Crippen MR) is 107 cm³/mol. The molecule has 0 saturated heterocycles. The van der Waals surface area contributed by atoms with Crippen molar-refractivity contribution in [3.63, 3.8) is 0 Å². The van der Waals surface area contributed by atoms with E-state index in [9.17, 15) is 18.5 Å². The zero-order valence-electron chi connectivity index (χ0n) is 15.7. The molecule has 0 aliphatic heterocycles. The smallest absolute Gasteiger partial charge is 0.268 e. The van der Waals surface area contributed by atoms with Crippen LogP contribution in [0.4, 0.5) is 0 Å². The summed E-state index contributed by atoms with van der Waals surface area (Å²) in [7, 11) is -0.958.